The third-order valence-corrected chi connectivity index (χ3v) is 3.51. The van der Waals surface area contributed by atoms with Crippen LogP contribution in [0.1, 0.15) is 24.3 Å². The van der Waals surface area contributed by atoms with Crippen molar-refractivity contribution in [3.05, 3.63) is 16.6 Å². The highest BCUT2D eigenvalue weighted by molar-refractivity contribution is 7.09. The minimum Gasteiger partial charge on any atom is -0.378 e. The van der Waals surface area contributed by atoms with Gasteiger partial charge in [0.15, 0.2) is 0 Å². The van der Waals surface area contributed by atoms with Crippen LogP contribution in [-0.2, 0) is 11.2 Å². The SMILES string of the molecule is NNC(Cc1nccs1)CC1CCCO1. The average molecular weight is 227 g/mol. The number of ether oxygens (including phenoxy) is 1. The number of aromatic nitrogens is 1. The zero-order chi connectivity index (χ0) is 10.5. The van der Waals surface area contributed by atoms with Gasteiger partial charge < -0.3 is 4.74 Å². The predicted molar refractivity (Wildman–Crippen MR) is 60.5 cm³/mol. The van der Waals surface area contributed by atoms with E-state index in [-0.39, 0.29) is 6.04 Å². The molecule has 0 aromatic carbocycles. The molecule has 2 rings (SSSR count). The molecular weight excluding hydrogens is 210 g/mol. The van der Waals surface area contributed by atoms with E-state index in [4.69, 9.17) is 10.6 Å². The Bertz CT molecular complexity index is 272. The summed E-state index contributed by atoms with van der Waals surface area (Å²) in [5.74, 6) is 5.54. The molecule has 0 amide bonds. The van der Waals surface area contributed by atoms with Gasteiger partial charge in [0.1, 0.15) is 0 Å². The normalized spacial score (nSPS) is 23.1. The molecule has 1 fully saturated rings. The average Bonchev–Trinajstić information content (AvgIpc) is 2.89. The number of hydrazine groups is 1. The Morgan fingerprint density at radius 2 is 2.67 bits per heavy atom. The van der Waals surface area contributed by atoms with Crippen LogP contribution in [-0.4, -0.2) is 23.7 Å². The van der Waals surface area contributed by atoms with Gasteiger partial charge in [-0.2, -0.15) is 0 Å². The standard InChI is InChI=1S/C10H17N3OS/c11-13-8(6-9-2-1-4-14-9)7-10-12-3-5-15-10/h3,5,8-9,13H,1-2,4,6-7,11H2. The lowest BCUT2D eigenvalue weighted by Crippen LogP contribution is -2.39. The van der Waals surface area contributed by atoms with E-state index in [1.54, 1.807) is 11.3 Å². The quantitative estimate of drug-likeness (QED) is 0.584. The number of rotatable bonds is 5. The molecule has 2 heterocycles. The van der Waals surface area contributed by atoms with Gasteiger partial charge in [0, 0.05) is 30.6 Å². The fourth-order valence-corrected chi connectivity index (χ4v) is 2.62. The van der Waals surface area contributed by atoms with Crippen LogP contribution >= 0.6 is 11.3 Å². The van der Waals surface area contributed by atoms with Gasteiger partial charge in [0.05, 0.1) is 11.1 Å². The van der Waals surface area contributed by atoms with Gasteiger partial charge in [0.25, 0.3) is 0 Å². The van der Waals surface area contributed by atoms with Crippen LogP contribution in [0, 0.1) is 0 Å². The van der Waals surface area contributed by atoms with Crippen LogP contribution < -0.4 is 11.3 Å². The second-order valence-electron chi connectivity index (χ2n) is 3.86. The number of hydrogen-bond donors (Lipinski definition) is 2. The topological polar surface area (TPSA) is 60.2 Å². The van der Waals surface area contributed by atoms with Crippen LogP contribution in [0.4, 0.5) is 0 Å². The molecule has 84 valence electrons. The highest BCUT2D eigenvalue weighted by atomic mass is 32.1. The van der Waals surface area contributed by atoms with Crippen molar-refractivity contribution < 1.29 is 4.74 Å². The van der Waals surface area contributed by atoms with Crippen LogP contribution in [0.25, 0.3) is 0 Å². The maximum absolute atomic E-state index is 5.59. The van der Waals surface area contributed by atoms with Gasteiger partial charge in [-0.05, 0) is 19.3 Å². The van der Waals surface area contributed by atoms with Crippen molar-refractivity contribution in [3.8, 4) is 0 Å². The maximum atomic E-state index is 5.59. The van der Waals surface area contributed by atoms with E-state index in [1.165, 1.54) is 6.42 Å². The molecule has 0 saturated carbocycles. The summed E-state index contributed by atoms with van der Waals surface area (Å²) in [6, 6.07) is 0.277. The molecule has 15 heavy (non-hydrogen) atoms. The summed E-state index contributed by atoms with van der Waals surface area (Å²) in [7, 11) is 0. The Hall–Kier alpha value is -0.490. The lowest BCUT2D eigenvalue weighted by atomic mass is 10.1. The zero-order valence-corrected chi connectivity index (χ0v) is 9.50. The molecule has 2 unspecified atom stereocenters. The molecular formula is C10H17N3OS. The first-order chi connectivity index (χ1) is 7.38. The summed E-state index contributed by atoms with van der Waals surface area (Å²) < 4.78 is 5.59. The minimum absolute atomic E-state index is 0.277. The molecule has 0 radical (unpaired) electrons. The maximum Gasteiger partial charge on any atom is 0.0940 e. The van der Waals surface area contributed by atoms with E-state index in [9.17, 15) is 0 Å². The van der Waals surface area contributed by atoms with E-state index < -0.39 is 0 Å². The molecule has 4 nitrogen and oxygen atoms in total. The van der Waals surface area contributed by atoms with Crippen molar-refractivity contribution in [2.24, 2.45) is 5.84 Å². The van der Waals surface area contributed by atoms with Crippen molar-refractivity contribution in [2.45, 2.75) is 37.8 Å². The summed E-state index contributed by atoms with van der Waals surface area (Å²) in [4.78, 5) is 4.26. The molecule has 3 N–H and O–H groups in total. The van der Waals surface area contributed by atoms with Gasteiger partial charge in [-0.25, -0.2) is 4.98 Å². The second-order valence-corrected chi connectivity index (χ2v) is 4.84. The van der Waals surface area contributed by atoms with Crippen LogP contribution in [0.2, 0.25) is 0 Å². The Labute approximate surface area is 93.8 Å². The largest absolute Gasteiger partial charge is 0.378 e. The highest BCUT2D eigenvalue weighted by Gasteiger charge is 2.20. The molecule has 1 aromatic rings. The van der Waals surface area contributed by atoms with Crippen molar-refractivity contribution in [3.63, 3.8) is 0 Å². The number of hydrogen-bond acceptors (Lipinski definition) is 5. The van der Waals surface area contributed by atoms with E-state index in [2.05, 4.69) is 10.4 Å². The first-order valence-corrected chi connectivity index (χ1v) is 6.22. The van der Waals surface area contributed by atoms with Crippen LogP contribution in [0.5, 0.6) is 0 Å². The molecule has 0 aliphatic carbocycles. The first-order valence-electron chi connectivity index (χ1n) is 5.34. The van der Waals surface area contributed by atoms with Crippen molar-refractivity contribution >= 4 is 11.3 Å². The summed E-state index contributed by atoms with van der Waals surface area (Å²) in [6.45, 7) is 0.902. The molecule has 1 aliphatic heterocycles. The third-order valence-electron chi connectivity index (χ3n) is 2.71. The lowest BCUT2D eigenvalue weighted by Gasteiger charge is -2.18. The van der Waals surface area contributed by atoms with Gasteiger partial charge in [-0.3, -0.25) is 11.3 Å². The van der Waals surface area contributed by atoms with E-state index >= 15 is 0 Å². The minimum atomic E-state index is 0.277. The predicted octanol–water partition coefficient (Wildman–Crippen LogP) is 1.09. The Morgan fingerprint density at radius 1 is 1.73 bits per heavy atom. The van der Waals surface area contributed by atoms with Crippen LogP contribution in [0.15, 0.2) is 11.6 Å². The van der Waals surface area contributed by atoms with Crippen LogP contribution in [0.3, 0.4) is 0 Å². The van der Waals surface area contributed by atoms with Gasteiger partial charge >= 0.3 is 0 Å². The van der Waals surface area contributed by atoms with E-state index in [1.807, 2.05) is 11.6 Å². The Morgan fingerprint density at radius 3 is 3.27 bits per heavy atom. The second kappa shape index (κ2) is 5.55. The summed E-state index contributed by atoms with van der Waals surface area (Å²) in [5.41, 5.74) is 2.85. The monoisotopic (exact) mass is 227 g/mol. The Kier molecular flexibility index (Phi) is 4.08. The summed E-state index contributed by atoms with van der Waals surface area (Å²) in [6.07, 6.45) is 6.44. The molecule has 5 heteroatoms. The van der Waals surface area contributed by atoms with Crippen molar-refractivity contribution in [1.29, 1.82) is 0 Å². The fourth-order valence-electron chi connectivity index (χ4n) is 1.92. The molecule has 2 atom stereocenters. The summed E-state index contributed by atoms with van der Waals surface area (Å²) >= 11 is 1.68. The number of nitrogens with zero attached hydrogens (tertiary/aromatic N) is 1. The number of nitrogens with one attached hydrogen (secondary N) is 1. The molecule has 1 aromatic heterocycles. The fraction of sp³-hybridized carbons (Fsp3) is 0.700. The molecule has 1 saturated heterocycles. The highest BCUT2D eigenvalue weighted by Crippen LogP contribution is 2.18. The summed E-state index contributed by atoms with van der Waals surface area (Å²) in [5, 5.41) is 3.13. The smallest absolute Gasteiger partial charge is 0.0940 e. The van der Waals surface area contributed by atoms with E-state index in [0.29, 0.717) is 6.10 Å². The van der Waals surface area contributed by atoms with Gasteiger partial charge in [-0.1, -0.05) is 0 Å². The number of thiazole rings is 1. The van der Waals surface area contributed by atoms with Gasteiger partial charge in [-0.15, -0.1) is 11.3 Å². The van der Waals surface area contributed by atoms with Gasteiger partial charge in [0.2, 0.25) is 0 Å². The zero-order valence-electron chi connectivity index (χ0n) is 8.69. The van der Waals surface area contributed by atoms with E-state index in [0.717, 1.165) is 30.9 Å². The van der Waals surface area contributed by atoms with Crippen molar-refractivity contribution in [2.75, 3.05) is 6.61 Å². The Balaban J connectivity index is 1.81. The lowest BCUT2D eigenvalue weighted by molar-refractivity contribution is 0.0946. The number of nitrogens with two attached hydrogens (primary N) is 1. The molecule has 1 aliphatic rings. The molecule has 0 bridgehead atoms. The third kappa shape index (κ3) is 3.24. The van der Waals surface area contributed by atoms with Crippen molar-refractivity contribution in [1.82, 2.24) is 10.4 Å². The first kappa shape index (κ1) is 11.0. The molecule has 0 spiro atoms.